The molecule has 1 heterocycles. The van der Waals surface area contributed by atoms with Crippen LogP contribution >= 0.6 is 0 Å². The minimum absolute atomic E-state index is 0.165. The highest BCUT2D eigenvalue weighted by molar-refractivity contribution is 5.69. The van der Waals surface area contributed by atoms with E-state index in [9.17, 15) is 9.59 Å². The Balaban J connectivity index is 2.67. The first kappa shape index (κ1) is 14.0. The zero-order chi connectivity index (χ0) is 13.5. The van der Waals surface area contributed by atoms with Gasteiger partial charge in [0.1, 0.15) is 0 Å². The normalized spacial score (nSPS) is 9.94. The van der Waals surface area contributed by atoms with Crippen LogP contribution in [0.2, 0.25) is 0 Å². The van der Waals surface area contributed by atoms with Gasteiger partial charge in [0.05, 0.1) is 20.5 Å². The molecule has 0 aromatic carbocycles. The maximum atomic E-state index is 11.5. The number of ether oxygens (including phenoxy) is 2. The van der Waals surface area contributed by atoms with Crippen molar-refractivity contribution in [2.75, 3.05) is 32.7 Å². The molecule has 0 aliphatic carbocycles. The molecule has 1 N–H and O–H groups in total. The van der Waals surface area contributed by atoms with Crippen molar-refractivity contribution in [3.8, 4) is 5.75 Å². The molecule has 7 nitrogen and oxygen atoms in total. The fourth-order valence-corrected chi connectivity index (χ4v) is 1.50. The van der Waals surface area contributed by atoms with Crippen LogP contribution in [-0.4, -0.2) is 43.7 Å². The summed E-state index contributed by atoms with van der Waals surface area (Å²) in [4.78, 5) is 30.7. The minimum atomic E-state index is -0.331. The molecular formula is C11H17N3O4. The zero-order valence-electron chi connectivity index (χ0n) is 10.7. The minimum Gasteiger partial charge on any atom is -0.489 e. The second-order valence-electron chi connectivity index (χ2n) is 3.69. The fourth-order valence-electron chi connectivity index (χ4n) is 1.50. The molecule has 0 aliphatic rings. The van der Waals surface area contributed by atoms with Crippen molar-refractivity contribution in [3.05, 3.63) is 16.7 Å². The molecule has 0 spiro atoms. The number of rotatable bonds is 6. The molecule has 1 aromatic heterocycles. The second kappa shape index (κ2) is 6.63. The van der Waals surface area contributed by atoms with Gasteiger partial charge in [-0.2, -0.15) is 0 Å². The first-order valence-corrected chi connectivity index (χ1v) is 5.49. The summed E-state index contributed by atoms with van der Waals surface area (Å²) in [6.07, 6.45) is 2.25. The topological polar surface area (TPSA) is 84.5 Å². The van der Waals surface area contributed by atoms with Gasteiger partial charge < -0.3 is 19.4 Å². The lowest BCUT2D eigenvalue weighted by molar-refractivity contribution is -0.140. The van der Waals surface area contributed by atoms with Crippen LogP contribution in [0.4, 0.5) is 5.82 Å². The highest BCUT2D eigenvalue weighted by Crippen LogP contribution is 2.18. The summed E-state index contributed by atoms with van der Waals surface area (Å²) in [6.45, 7) is 0.571. The molecule has 1 rings (SSSR count). The Labute approximate surface area is 105 Å². The van der Waals surface area contributed by atoms with Crippen LogP contribution in [0, 0.1) is 0 Å². The van der Waals surface area contributed by atoms with Gasteiger partial charge in [-0.25, -0.2) is 4.98 Å². The van der Waals surface area contributed by atoms with E-state index < -0.39 is 0 Å². The lowest BCUT2D eigenvalue weighted by Crippen LogP contribution is -2.24. The quantitative estimate of drug-likeness (QED) is 0.729. The summed E-state index contributed by atoms with van der Waals surface area (Å²) in [6, 6.07) is 0. The molecule has 0 unspecified atom stereocenters. The molecule has 7 heteroatoms. The van der Waals surface area contributed by atoms with E-state index in [-0.39, 0.29) is 17.3 Å². The van der Waals surface area contributed by atoms with Crippen LogP contribution in [0.15, 0.2) is 11.1 Å². The van der Waals surface area contributed by atoms with Gasteiger partial charge in [0.25, 0.3) is 5.56 Å². The summed E-state index contributed by atoms with van der Waals surface area (Å²) in [5.41, 5.74) is -0.331. The van der Waals surface area contributed by atoms with E-state index in [2.05, 4.69) is 14.7 Å². The number of carbonyl (C=O) groups excluding carboxylic acids is 1. The van der Waals surface area contributed by atoms with E-state index in [4.69, 9.17) is 4.74 Å². The Kier molecular flexibility index (Phi) is 5.16. The molecule has 18 heavy (non-hydrogen) atoms. The lowest BCUT2D eigenvalue weighted by atomic mass is 10.3. The van der Waals surface area contributed by atoms with E-state index in [0.29, 0.717) is 25.2 Å². The first-order valence-electron chi connectivity index (χ1n) is 5.49. The molecule has 100 valence electrons. The van der Waals surface area contributed by atoms with Crippen molar-refractivity contribution in [1.29, 1.82) is 0 Å². The van der Waals surface area contributed by atoms with E-state index in [1.165, 1.54) is 20.5 Å². The molecule has 0 aliphatic heterocycles. The average Bonchev–Trinajstić information content (AvgIpc) is 2.37. The summed E-state index contributed by atoms with van der Waals surface area (Å²) in [7, 11) is 4.55. The number of hydrogen-bond acceptors (Lipinski definition) is 6. The molecule has 0 amide bonds. The maximum absolute atomic E-state index is 11.5. The van der Waals surface area contributed by atoms with Gasteiger partial charge in [0, 0.05) is 20.0 Å². The van der Waals surface area contributed by atoms with Crippen molar-refractivity contribution in [2.24, 2.45) is 0 Å². The zero-order valence-corrected chi connectivity index (χ0v) is 10.7. The second-order valence-corrected chi connectivity index (χ2v) is 3.69. The van der Waals surface area contributed by atoms with Gasteiger partial charge in [0.15, 0.2) is 5.82 Å². The summed E-state index contributed by atoms with van der Waals surface area (Å²) in [5.74, 6) is 0.360. The lowest BCUT2D eigenvalue weighted by Gasteiger charge is -2.19. The summed E-state index contributed by atoms with van der Waals surface area (Å²) < 4.78 is 9.56. The van der Waals surface area contributed by atoms with Crippen LogP contribution in [-0.2, 0) is 9.53 Å². The van der Waals surface area contributed by atoms with Gasteiger partial charge in [-0.3, -0.25) is 9.59 Å². The van der Waals surface area contributed by atoms with Crippen LogP contribution < -0.4 is 15.2 Å². The smallest absolute Gasteiger partial charge is 0.305 e. The van der Waals surface area contributed by atoms with Crippen molar-refractivity contribution in [3.63, 3.8) is 0 Å². The van der Waals surface area contributed by atoms with Gasteiger partial charge in [-0.1, -0.05) is 0 Å². The molecule has 1 aromatic rings. The monoisotopic (exact) mass is 255 g/mol. The van der Waals surface area contributed by atoms with Crippen LogP contribution in [0.25, 0.3) is 0 Å². The number of aromatic amines is 1. The van der Waals surface area contributed by atoms with E-state index in [0.717, 1.165) is 0 Å². The molecule has 0 saturated heterocycles. The number of nitrogens with zero attached hydrogens (tertiary/aromatic N) is 2. The standard InChI is InChI=1S/C11H17N3O4/c1-14(6-4-5-8(15)17-2)10-9(18-3)11(16)13-7-12-10/h7H,4-6H2,1-3H3,(H,12,13,16). The molecular weight excluding hydrogens is 238 g/mol. The fraction of sp³-hybridized carbons (Fsp3) is 0.545. The van der Waals surface area contributed by atoms with Crippen LogP contribution in [0.1, 0.15) is 12.8 Å². The Hall–Kier alpha value is -2.05. The number of methoxy groups -OCH3 is 2. The number of esters is 1. The Morgan fingerprint density at radius 1 is 1.50 bits per heavy atom. The number of nitrogens with one attached hydrogen (secondary N) is 1. The molecule has 0 radical (unpaired) electrons. The third-order valence-corrected chi connectivity index (χ3v) is 2.46. The van der Waals surface area contributed by atoms with Crippen LogP contribution in [0.3, 0.4) is 0 Å². The SMILES string of the molecule is COC(=O)CCCN(C)c1nc[nH]c(=O)c1OC. The first-order chi connectivity index (χ1) is 8.60. The highest BCUT2D eigenvalue weighted by Gasteiger charge is 2.13. The third kappa shape index (κ3) is 3.47. The molecule has 0 saturated carbocycles. The number of carbonyl (C=O) groups is 1. The number of H-pyrrole nitrogens is 1. The van der Waals surface area contributed by atoms with Gasteiger partial charge >= 0.3 is 5.97 Å². The van der Waals surface area contributed by atoms with Crippen molar-refractivity contribution < 1.29 is 14.3 Å². The van der Waals surface area contributed by atoms with Gasteiger partial charge in [-0.05, 0) is 6.42 Å². The van der Waals surface area contributed by atoms with Crippen molar-refractivity contribution in [1.82, 2.24) is 9.97 Å². The van der Waals surface area contributed by atoms with Gasteiger partial charge in [-0.15, -0.1) is 0 Å². The highest BCUT2D eigenvalue weighted by atomic mass is 16.5. The maximum Gasteiger partial charge on any atom is 0.305 e. The van der Waals surface area contributed by atoms with Gasteiger partial charge in [0.2, 0.25) is 5.75 Å². The number of hydrogen-bond donors (Lipinski definition) is 1. The van der Waals surface area contributed by atoms with E-state index in [1.807, 2.05) is 0 Å². The van der Waals surface area contributed by atoms with Crippen LogP contribution in [0.5, 0.6) is 5.75 Å². The van der Waals surface area contributed by atoms with E-state index in [1.54, 1.807) is 11.9 Å². The summed E-state index contributed by atoms with van der Waals surface area (Å²) >= 11 is 0. The predicted molar refractivity (Wildman–Crippen MR) is 65.9 cm³/mol. The third-order valence-electron chi connectivity index (χ3n) is 2.46. The van der Waals surface area contributed by atoms with Crippen molar-refractivity contribution >= 4 is 11.8 Å². The Morgan fingerprint density at radius 3 is 2.83 bits per heavy atom. The number of aromatic nitrogens is 2. The van der Waals surface area contributed by atoms with E-state index >= 15 is 0 Å². The predicted octanol–water partition coefficient (Wildman–Crippen LogP) is 0.168. The Bertz CT molecular complexity index is 458. The molecule has 0 atom stereocenters. The Morgan fingerprint density at radius 2 is 2.22 bits per heavy atom. The van der Waals surface area contributed by atoms with Crippen molar-refractivity contribution in [2.45, 2.75) is 12.8 Å². The largest absolute Gasteiger partial charge is 0.489 e. The average molecular weight is 255 g/mol. The number of anilines is 1. The summed E-state index contributed by atoms with van der Waals surface area (Å²) in [5, 5.41) is 0. The molecule has 0 bridgehead atoms. The molecule has 0 fully saturated rings.